The van der Waals surface area contributed by atoms with Crippen molar-refractivity contribution in [2.45, 2.75) is 43.3 Å². The number of rotatable bonds is 5. The first-order valence-electron chi connectivity index (χ1n) is 7.07. The molecule has 0 aromatic heterocycles. The maximum atomic E-state index is 12.6. The van der Waals surface area contributed by atoms with Gasteiger partial charge in [0.05, 0.1) is 10.1 Å². The zero-order valence-corrected chi connectivity index (χ0v) is 12.6. The van der Waals surface area contributed by atoms with E-state index in [0.29, 0.717) is 17.9 Å². The number of sulfone groups is 1. The van der Waals surface area contributed by atoms with Gasteiger partial charge in [0, 0.05) is 6.54 Å². The molecule has 1 aromatic rings. The van der Waals surface area contributed by atoms with E-state index in [1.165, 1.54) is 12.8 Å². The van der Waals surface area contributed by atoms with Gasteiger partial charge < -0.3 is 4.90 Å². The van der Waals surface area contributed by atoms with Crippen LogP contribution in [0.15, 0.2) is 29.2 Å². The van der Waals surface area contributed by atoms with E-state index in [0.717, 1.165) is 18.7 Å². The van der Waals surface area contributed by atoms with Crippen molar-refractivity contribution in [2.24, 2.45) is 0 Å². The Kier molecular flexibility index (Phi) is 4.63. The second-order valence-corrected chi connectivity index (χ2v) is 7.62. The van der Waals surface area contributed by atoms with Crippen LogP contribution in [0.4, 0.5) is 0 Å². The van der Waals surface area contributed by atoms with Gasteiger partial charge in [0.2, 0.25) is 0 Å². The van der Waals surface area contributed by atoms with E-state index in [9.17, 15) is 8.42 Å². The highest BCUT2D eigenvalue weighted by Crippen LogP contribution is 2.21. The lowest BCUT2D eigenvalue weighted by molar-refractivity contribution is 0.332. The van der Waals surface area contributed by atoms with Gasteiger partial charge in [0.15, 0.2) is 9.84 Å². The van der Waals surface area contributed by atoms with Crippen molar-refractivity contribution in [1.82, 2.24) is 4.90 Å². The van der Waals surface area contributed by atoms with Gasteiger partial charge in [-0.05, 0) is 51.4 Å². The number of likely N-dealkylation sites (tertiary alicyclic amines) is 1. The van der Waals surface area contributed by atoms with Gasteiger partial charge in [-0.1, -0.05) is 24.6 Å². The molecule has 4 heteroatoms. The zero-order chi connectivity index (χ0) is 13.9. The van der Waals surface area contributed by atoms with Crippen molar-refractivity contribution in [3.63, 3.8) is 0 Å². The lowest BCUT2D eigenvalue weighted by atomic mass is 10.2. The first kappa shape index (κ1) is 14.5. The number of aryl methyl sites for hydroxylation is 1. The zero-order valence-electron chi connectivity index (χ0n) is 11.8. The molecule has 1 aromatic carbocycles. The molecule has 0 spiro atoms. The first-order chi connectivity index (χ1) is 9.04. The number of hydrogen-bond acceptors (Lipinski definition) is 3. The maximum Gasteiger partial charge on any atom is 0.182 e. The molecule has 0 amide bonds. The van der Waals surface area contributed by atoms with Crippen molar-refractivity contribution in [3.8, 4) is 0 Å². The maximum absolute atomic E-state index is 12.6. The molecule has 1 aliphatic rings. The first-order valence-corrected chi connectivity index (χ1v) is 8.61. The summed E-state index contributed by atoms with van der Waals surface area (Å²) >= 11 is 0. The van der Waals surface area contributed by atoms with Crippen LogP contribution in [0.5, 0.6) is 0 Å². The van der Waals surface area contributed by atoms with Crippen LogP contribution in [0.3, 0.4) is 0 Å². The molecule has 1 heterocycles. The lowest BCUT2D eigenvalue weighted by Gasteiger charge is -2.22. The Bertz CT molecular complexity index is 501. The molecule has 2 rings (SSSR count). The molecule has 0 aliphatic carbocycles. The summed E-state index contributed by atoms with van der Waals surface area (Å²) < 4.78 is 25.3. The summed E-state index contributed by atoms with van der Waals surface area (Å²) in [5, 5.41) is -0.284. The standard InChI is InChI=1S/C15H23NO2S/c1-3-14(12-16-10-4-5-11-16)19(17,18)15-8-6-13(2)7-9-15/h6-9,14H,3-5,10-12H2,1-2H3. The van der Waals surface area contributed by atoms with E-state index in [1.54, 1.807) is 12.1 Å². The Labute approximate surface area is 116 Å². The van der Waals surface area contributed by atoms with E-state index < -0.39 is 9.84 Å². The molecular formula is C15H23NO2S. The lowest BCUT2D eigenvalue weighted by Crippen LogP contribution is -2.35. The molecule has 1 saturated heterocycles. The fourth-order valence-electron chi connectivity index (χ4n) is 2.62. The third kappa shape index (κ3) is 3.37. The minimum absolute atomic E-state index is 0.284. The third-order valence-corrected chi connectivity index (χ3v) is 6.19. The van der Waals surface area contributed by atoms with Crippen LogP contribution in [0.1, 0.15) is 31.7 Å². The molecule has 1 aliphatic heterocycles. The molecule has 1 atom stereocenters. The van der Waals surface area contributed by atoms with Crippen molar-refractivity contribution in [2.75, 3.05) is 19.6 Å². The van der Waals surface area contributed by atoms with Crippen LogP contribution < -0.4 is 0 Å². The Morgan fingerprint density at radius 1 is 1.16 bits per heavy atom. The average molecular weight is 281 g/mol. The molecule has 1 fully saturated rings. The Morgan fingerprint density at radius 3 is 2.26 bits per heavy atom. The van der Waals surface area contributed by atoms with E-state index in [1.807, 2.05) is 26.0 Å². The van der Waals surface area contributed by atoms with Crippen molar-refractivity contribution < 1.29 is 8.42 Å². The minimum Gasteiger partial charge on any atom is -0.302 e. The fourth-order valence-corrected chi connectivity index (χ4v) is 4.37. The summed E-state index contributed by atoms with van der Waals surface area (Å²) in [6.45, 7) is 6.69. The number of benzene rings is 1. The average Bonchev–Trinajstić information content (AvgIpc) is 2.89. The van der Waals surface area contributed by atoms with Crippen molar-refractivity contribution in [1.29, 1.82) is 0 Å². The minimum atomic E-state index is -3.20. The van der Waals surface area contributed by atoms with Crippen LogP contribution in [0, 0.1) is 6.92 Å². The van der Waals surface area contributed by atoms with E-state index in [4.69, 9.17) is 0 Å². The fraction of sp³-hybridized carbons (Fsp3) is 0.600. The smallest absolute Gasteiger partial charge is 0.182 e. The van der Waals surface area contributed by atoms with Gasteiger partial charge in [-0.15, -0.1) is 0 Å². The largest absolute Gasteiger partial charge is 0.302 e. The van der Waals surface area contributed by atoms with Gasteiger partial charge in [0.25, 0.3) is 0 Å². The van der Waals surface area contributed by atoms with Gasteiger partial charge in [0.1, 0.15) is 0 Å². The Hall–Kier alpha value is -0.870. The SMILES string of the molecule is CCC(CN1CCCC1)S(=O)(=O)c1ccc(C)cc1. The van der Waals surface area contributed by atoms with E-state index in [2.05, 4.69) is 4.90 Å². The van der Waals surface area contributed by atoms with Gasteiger partial charge in [-0.25, -0.2) is 8.42 Å². The molecule has 19 heavy (non-hydrogen) atoms. The molecule has 106 valence electrons. The van der Waals surface area contributed by atoms with Crippen LogP contribution in [-0.2, 0) is 9.84 Å². The van der Waals surface area contributed by atoms with Crippen LogP contribution in [0.25, 0.3) is 0 Å². The summed E-state index contributed by atoms with van der Waals surface area (Å²) in [5.74, 6) is 0. The molecule has 1 unspecified atom stereocenters. The number of nitrogens with zero attached hydrogens (tertiary/aromatic N) is 1. The summed E-state index contributed by atoms with van der Waals surface area (Å²) in [6, 6.07) is 7.21. The second kappa shape index (κ2) is 6.06. The summed E-state index contributed by atoms with van der Waals surface area (Å²) in [5.41, 5.74) is 1.09. The third-order valence-electron chi connectivity index (χ3n) is 3.90. The highest BCUT2D eigenvalue weighted by Gasteiger charge is 2.28. The molecule has 0 saturated carbocycles. The Balaban J connectivity index is 2.17. The molecule has 0 bridgehead atoms. The predicted molar refractivity (Wildman–Crippen MR) is 78.1 cm³/mol. The molecule has 0 N–H and O–H groups in total. The monoisotopic (exact) mass is 281 g/mol. The Morgan fingerprint density at radius 2 is 1.74 bits per heavy atom. The second-order valence-electron chi connectivity index (χ2n) is 5.40. The summed E-state index contributed by atoms with van der Waals surface area (Å²) in [7, 11) is -3.20. The predicted octanol–water partition coefficient (Wildman–Crippen LogP) is 2.64. The normalized spacial score (nSPS) is 18.6. The topological polar surface area (TPSA) is 37.4 Å². The quantitative estimate of drug-likeness (QED) is 0.832. The molecule has 3 nitrogen and oxygen atoms in total. The summed E-state index contributed by atoms with van der Waals surface area (Å²) in [6.07, 6.45) is 3.06. The van der Waals surface area contributed by atoms with Gasteiger partial charge >= 0.3 is 0 Å². The highest BCUT2D eigenvalue weighted by atomic mass is 32.2. The molecular weight excluding hydrogens is 258 g/mol. The van der Waals surface area contributed by atoms with Crippen LogP contribution in [0.2, 0.25) is 0 Å². The van der Waals surface area contributed by atoms with E-state index >= 15 is 0 Å². The van der Waals surface area contributed by atoms with Gasteiger partial charge in [-0.3, -0.25) is 0 Å². The highest BCUT2D eigenvalue weighted by molar-refractivity contribution is 7.92. The van der Waals surface area contributed by atoms with Crippen LogP contribution >= 0.6 is 0 Å². The van der Waals surface area contributed by atoms with Gasteiger partial charge in [-0.2, -0.15) is 0 Å². The van der Waals surface area contributed by atoms with Crippen molar-refractivity contribution in [3.05, 3.63) is 29.8 Å². The van der Waals surface area contributed by atoms with Crippen LogP contribution in [-0.4, -0.2) is 38.2 Å². The number of hydrogen-bond donors (Lipinski definition) is 0. The summed E-state index contributed by atoms with van der Waals surface area (Å²) in [4.78, 5) is 2.74. The van der Waals surface area contributed by atoms with E-state index in [-0.39, 0.29) is 5.25 Å². The molecule has 0 radical (unpaired) electrons. The van der Waals surface area contributed by atoms with Crippen molar-refractivity contribution >= 4 is 9.84 Å².